The molecule has 1 saturated carbocycles. The molecule has 3 aliphatic rings. The van der Waals surface area contributed by atoms with Gasteiger partial charge in [0, 0.05) is 35.9 Å². The quantitative estimate of drug-likeness (QED) is 0.646. The fourth-order valence-electron chi connectivity index (χ4n) is 4.57. The Labute approximate surface area is 186 Å². The van der Waals surface area contributed by atoms with Gasteiger partial charge in [0.15, 0.2) is 0 Å². The van der Waals surface area contributed by atoms with Crippen LogP contribution in [0, 0.1) is 6.92 Å². The maximum atomic E-state index is 13.3. The van der Waals surface area contributed by atoms with Gasteiger partial charge in [-0.3, -0.25) is 9.59 Å². The summed E-state index contributed by atoms with van der Waals surface area (Å²) in [5, 5.41) is 15.2. The highest BCUT2D eigenvalue weighted by atomic mass is 16.4. The maximum absolute atomic E-state index is 13.3. The van der Waals surface area contributed by atoms with Crippen molar-refractivity contribution >= 4 is 29.2 Å². The van der Waals surface area contributed by atoms with E-state index in [1.165, 1.54) is 6.07 Å². The first-order chi connectivity index (χ1) is 15.2. The normalized spacial score (nSPS) is 18.4. The Morgan fingerprint density at radius 2 is 1.88 bits per heavy atom. The zero-order valence-corrected chi connectivity index (χ0v) is 18.4. The van der Waals surface area contributed by atoms with E-state index in [9.17, 15) is 19.5 Å². The molecule has 0 bridgehead atoms. The van der Waals surface area contributed by atoms with Crippen LogP contribution in [0.3, 0.4) is 0 Å². The van der Waals surface area contributed by atoms with Crippen LogP contribution in [0.2, 0.25) is 0 Å². The molecule has 2 aliphatic heterocycles. The third kappa shape index (κ3) is 3.14. The SMILES string of the molecule is Cc1ccc(N2CC(N(C)C)C2)cc1C(=O)NC1(c2ccc(C(=O)O)c3c2NC3=O)CC1. The average Bonchev–Trinajstić information content (AvgIpc) is 3.46. The molecule has 166 valence electrons. The molecule has 2 fully saturated rings. The first kappa shape index (κ1) is 20.5. The van der Waals surface area contributed by atoms with Crippen molar-refractivity contribution in [2.24, 2.45) is 0 Å². The number of aryl methyl sites for hydroxylation is 1. The van der Waals surface area contributed by atoms with Crippen LogP contribution in [0.15, 0.2) is 30.3 Å². The van der Waals surface area contributed by atoms with Crippen molar-refractivity contribution in [2.45, 2.75) is 31.3 Å². The molecule has 8 heteroatoms. The number of hydrogen-bond acceptors (Lipinski definition) is 5. The lowest BCUT2D eigenvalue weighted by atomic mass is 9.89. The minimum Gasteiger partial charge on any atom is -0.478 e. The number of nitrogens with one attached hydrogen (secondary N) is 2. The number of carboxylic acid groups (broad SMARTS) is 1. The number of nitrogens with zero attached hydrogens (tertiary/aromatic N) is 2. The van der Waals surface area contributed by atoms with Gasteiger partial charge < -0.3 is 25.5 Å². The van der Waals surface area contributed by atoms with E-state index in [4.69, 9.17) is 0 Å². The smallest absolute Gasteiger partial charge is 0.336 e. The van der Waals surface area contributed by atoms with Gasteiger partial charge in [0.25, 0.3) is 11.8 Å². The second kappa shape index (κ2) is 7.06. The van der Waals surface area contributed by atoms with Crippen LogP contribution >= 0.6 is 0 Å². The van der Waals surface area contributed by atoms with Gasteiger partial charge in [-0.15, -0.1) is 0 Å². The van der Waals surface area contributed by atoms with Crippen LogP contribution in [0.1, 0.15) is 55.0 Å². The van der Waals surface area contributed by atoms with Gasteiger partial charge in [0.2, 0.25) is 0 Å². The molecule has 0 spiro atoms. The van der Waals surface area contributed by atoms with E-state index in [0.29, 0.717) is 17.3 Å². The van der Waals surface area contributed by atoms with Crippen LogP contribution < -0.4 is 15.5 Å². The predicted octanol–water partition coefficient (Wildman–Crippen LogP) is 2.43. The van der Waals surface area contributed by atoms with Crippen LogP contribution in [-0.2, 0) is 5.54 Å². The van der Waals surface area contributed by atoms with Crippen molar-refractivity contribution in [3.8, 4) is 0 Å². The Morgan fingerprint density at radius 3 is 2.47 bits per heavy atom. The van der Waals surface area contributed by atoms with Gasteiger partial charge in [-0.25, -0.2) is 4.79 Å². The molecule has 0 radical (unpaired) electrons. The lowest BCUT2D eigenvalue weighted by molar-refractivity contribution is 0.0691. The number of rotatable bonds is 6. The van der Waals surface area contributed by atoms with Crippen LogP contribution in [0.5, 0.6) is 0 Å². The summed E-state index contributed by atoms with van der Waals surface area (Å²) in [6.07, 6.45) is 1.48. The van der Waals surface area contributed by atoms with Gasteiger partial charge in [-0.1, -0.05) is 12.1 Å². The van der Waals surface area contributed by atoms with Crippen molar-refractivity contribution < 1.29 is 19.5 Å². The fraction of sp³-hybridized carbons (Fsp3) is 0.375. The lowest BCUT2D eigenvalue weighted by Gasteiger charge is -2.44. The number of hydrogen-bond donors (Lipinski definition) is 3. The highest BCUT2D eigenvalue weighted by Crippen LogP contribution is 2.51. The Morgan fingerprint density at radius 1 is 1.16 bits per heavy atom. The summed E-state index contributed by atoms with van der Waals surface area (Å²) in [6, 6.07) is 9.65. The largest absolute Gasteiger partial charge is 0.478 e. The molecule has 3 N–H and O–H groups in total. The number of aromatic carboxylic acids is 1. The highest BCUT2D eigenvalue weighted by Gasteiger charge is 2.50. The number of amides is 2. The van der Waals surface area contributed by atoms with Crippen molar-refractivity contribution in [2.75, 3.05) is 37.4 Å². The van der Waals surface area contributed by atoms with E-state index < -0.39 is 17.4 Å². The summed E-state index contributed by atoms with van der Waals surface area (Å²) in [7, 11) is 4.15. The van der Waals surface area contributed by atoms with Crippen LogP contribution in [0.25, 0.3) is 0 Å². The van der Waals surface area contributed by atoms with Crippen molar-refractivity contribution in [3.63, 3.8) is 0 Å². The number of carbonyl (C=O) groups is 3. The number of fused-ring (bicyclic) bond motifs is 1. The van der Waals surface area contributed by atoms with E-state index in [1.807, 2.05) is 25.1 Å². The predicted molar refractivity (Wildman–Crippen MR) is 121 cm³/mol. The summed E-state index contributed by atoms with van der Waals surface area (Å²) >= 11 is 0. The zero-order chi connectivity index (χ0) is 22.8. The summed E-state index contributed by atoms with van der Waals surface area (Å²) in [5.41, 5.74) is 3.46. The molecule has 8 nitrogen and oxygen atoms in total. The lowest BCUT2D eigenvalue weighted by Crippen LogP contribution is -2.57. The Bertz CT molecular complexity index is 1160. The topological polar surface area (TPSA) is 102 Å². The Kier molecular flexibility index (Phi) is 4.53. The Hall–Kier alpha value is -3.39. The molecule has 1 saturated heterocycles. The van der Waals surface area contributed by atoms with Gasteiger partial charge in [-0.05, 0) is 57.6 Å². The van der Waals surface area contributed by atoms with Crippen molar-refractivity contribution in [1.29, 1.82) is 0 Å². The molecule has 2 amide bonds. The molecule has 5 rings (SSSR count). The number of likely N-dealkylation sites (N-methyl/N-ethyl adjacent to an activating group) is 1. The minimum atomic E-state index is -1.13. The molecule has 32 heavy (non-hydrogen) atoms. The number of benzene rings is 2. The zero-order valence-electron chi connectivity index (χ0n) is 18.4. The standard InChI is InChI=1S/C24H26N4O4/c1-13-4-5-14(28-11-15(12-28)27(2)3)10-17(13)21(29)26-24(8-9-24)18-7-6-16(23(31)32)19-20(18)25-22(19)30/h4-7,10,15H,8-9,11-12H2,1-3H3,(H,25,30)(H,26,29)(H,31,32). The van der Waals surface area contributed by atoms with Gasteiger partial charge >= 0.3 is 5.97 Å². The molecular weight excluding hydrogens is 408 g/mol. The summed E-state index contributed by atoms with van der Waals surface area (Å²) in [6.45, 7) is 3.79. The summed E-state index contributed by atoms with van der Waals surface area (Å²) < 4.78 is 0. The second-order valence-corrected chi connectivity index (χ2v) is 9.23. The average molecular weight is 434 g/mol. The monoisotopic (exact) mass is 434 g/mol. The minimum absolute atomic E-state index is 0.0104. The van der Waals surface area contributed by atoms with E-state index in [-0.39, 0.29) is 17.0 Å². The second-order valence-electron chi connectivity index (χ2n) is 9.23. The fourth-order valence-corrected chi connectivity index (χ4v) is 4.57. The molecule has 2 aromatic rings. The number of anilines is 2. The molecule has 2 heterocycles. The van der Waals surface area contributed by atoms with Crippen molar-refractivity contribution in [3.05, 3.63) is 58.1 Å². The van der Waals surface area contributed by atoms with Gasteiger partial charge in [0.1, 0.15) is 0 Å². The molecule has 0 aromatic heterocycles. The summed E-state index contributed by atoms with van der Waals surface area (Å²) in [5.74, 6) is -1.68. The van der Waals surface area contributed by atoms with Crippen LogP contribution in [-0.4, -0.2) is 61.0 Å². The summed E-state index contributed by atoms with van der Waals surface area (Å²) in [4.78, 5) is 41.2. The third-order valence-electron chi connectivity index (χ3n) is 6.94. The van der Waals surface area contributed by atoms with E-state index in [1.54, 1.807) is 6.07 Å². The number of carbonyl (C=O) groups excluding carboxylic acids is 2. The van der Waals surface area contributed by atoms with Crippen molar-refractivity contribution in [1.82, 2.24) is 10.2 Å². The number of carboxylic acids is 1. The molecule has 1 aliphatic carbocycles. The van der Waals surface area contributed by atoms with Gasteiger partial charge in [-0.2, -0.15) is 0 Å². The van der Waals surface area contributed by atoms with Crippen LogP contribution in [0.4, 0.5) is 11.4 Å². The maximum Gasteiger partial charge on any atom is 0.336 e. The van der Waals surface area contributed by atoms with E-state index in [2.05, 4.69) is 34.5 Å². The first-order valence-electron chi connectivity index (χ1n) is 10.8. The molecular formula is C24H26N4O4. The first-order valence-corrected chi connectivity index (χ1v) is 10.8. The molecule has 0 unspecified atom stereocenters. The molecule has 2 aromatic carbocycles. The molecule has 0 atom stereocenters. The van der Waals surface area contributed by atoms with Gasteiger partial charge in [0.05, 0.1) is 22.4 Å². The highest BCUT2D eigenvalue weighted by molar-refractivity contribution is 6.23. The third-order valence-corrected chi connectivity index (χ3v) is 6.94. The Balaban J connectivity index is 1.39. The van der Waals surface area contributed by atoms with E-state index in [0.717, 1.165) is 42.7 Å². The van der Waals surface area contributed by atoms with E-state index >= 15 is 0 Å².